The van der Waals surface area contributed by atoms with Crippen molar-refractivity contribution in [2.45, 2.75) is 51.4 Å². The summed E-state index contributed by atoms with van der Waals surface area (Å²) in [7, 11) is 0. The summed E-state index contributed by atoms with van der Waals surface area (Å²) in [6, 6.07) is 4.23. The Kier molecular flexibility index (Phi) is 8.41. The first-order chi connectivity index (χ1) is 10.4. The van der Waals surface area contributed by atoms with E-state index >= 15 is 0 Å². The SMILES string of the molecule is c1cncc(CCC2CCCCCOCCCCNC2)c1. The maximum atomic E-state index is 5.64. The lowest BCUT2D eigenvalue weighted by atomic mass is 9.94. The Labute approximate surface area is 129 Å². The molecule has 0 amide bonds. The zero-order chi connectivity index (χ0) is 14.6. The van der Waals surface area contributed by atoms with Crippen LogP contribution in [0.15, 0.2) is 24.5 Å². The van der Waals surface area contributed by atoms with Crippen LogP contribution >= 0.6 is 0 Å². The van der Waals surface area contributed by atoms with Gasteiger partial charge in [-0.1, -0.05) is 18.9 Å². The summed E-state index contributed by atoms with van der Waals surface area (Å²) in [5, 5.41) is 3.64. The minimum absolute atomic E-state index is 0.798. The molecule has 0 aromatic carbocycles. The van der Waals surface area contributed by atoms with Gasteiger partial charge in [0.25, 0.3) is 0 Å². The predicted molar refractivity (Wildman–Crippen MR) is 87.4 cm³/mol. The van der Waals surface area contributed by atoms with Crippen molar-refractivity contribution in [3.63, 3.8) is 0 Å². The van der Waals surface area contributed by atoms with Crippen LogP contribution in [0.5, 0.6) is 0 Å². The van der Waals surface area contributed by atoms with Crippen molar-refractivity contribution in [1.29, 1.82) is 0 Å². The van der Waals surface area contributed by atoms with E-state index in [4.69, 9.17) is 4.74 Å². The summed E-state index contributed by atoms with van der Waals surface area (Å²) < 4.78 is 5.64. The van der Waals surface area contributed by atoms with E-state index < -0.39 is 0 Å². The van der Waals surface area contributed by atoms with Crippen LogP contribution in [0.4, 0.5) is 0 Å². The molecule has 0 aliphatic carbocycles. The van der Waals surface area contributed by atoms with Gasteiger partial charge >= 0.3 is 0 Å². The Morgan fingerprint density at radius 2 is 2.05 bits per heavy atom. The first kappa shape index (κ1) is 16.4. The van der Waals surface area contributed by atoms with Crippen molar-refractivity contribution in [3.8, 4) is 0 Å². The highest BCUT2D eigenvalue weighted by atomic mass is 16.5. The second kappa shape index (κ2) is 10.7. The van der Waals surface area contributed by atoms with Crippen LogP contribution in [0, 0.1) is 5.92 Å². The normalized spacial score (nSPS) is 22.8. The minimum atomic E-state index is 0.798. The standard InChI is InChI=1S/C18H30N2O/c1-2-7-17(9-10-18-8-6-12-20-16-18)15-19-11-3-5-14-21-13-4-1/h6,8,12,16-17,19H,1-5,7,9-11,13-15H2. The van der Waals surface area contributed by atoms with Gasteiger partial charge < -0.3 is 10.1 Å². The van der Waals surface area contributed by atoms with E-state index in [1.54, 1.807) is 0 Å². The van der Waals surface area contributed by atoms with E-state index in [2.05, 4.69) is 16.4 Å². The smallest absolute Gasteiger partial charge is 0.0466 e. The van der Waals surface area contributed by atoms with Crippen LogP contribution in [0.3, 0.4) is 0 Å². The number of nitrogens with one attached hydrogen (secondary N) is 1. The van der Waals surface area contributed by atoms with Crippen molar-refractivity contribution in [2.24, 2.45) is 5.92 Å². The maximum absolute atomic E-state index is 5.64. The summed E-state index contributed by atoms with van der Waals surface area (Å²) in [5.41, 5.74) is 1.37. The fourth-order valence-corrected chi connectivity index (χ4v) is 2.94. The van der Waals surface area contributed by atoms with Gasteiger partial charge in [0.2, 0.25) is 0 Å². The van der Waals surface area contributed by atoms with Crippen LogP contribution < -0.4 is 5.32 Å². The lowest BCUT2D eigenvalue weighted by Crippen LogP contribution is -2.24. The fourth-order valence-electron chi connectivity index (χ4n) is 2.94. The third-order valence-electron chi connectivity index (χ3n) is 4.29. The summed E-state index contributed by atoms with van der Waals surface area (Å²) in [5.74, 6) is 0.798. The van der Waals surface area contributed by atoms with Gasteiger partial charge in [0.05, 0.1) is 0 Å². The molecule has 1 atom stereocenters. The predicted octanol–water partition coefficient (Wildman–Crippen LogP) is 3.59. The maximum Gasteiger partial charge on any atom is 0.0466 e. The molecule has 3 nitrogen and oxygen atoms in total. The molecule has 1 saturated heterocycles. The summed E-state index contributed by atoms with van der Waals surface area (Å²) in [6.45, 7) is 4.19. The number of aromatic nitrogens is 1. The second-order valence-corrected chi connectivity index (χ2v) is 6.14. The van der Waals surface area contributed by atoms with Crippen LogP contribution in [0.25, 0.3) is 0 Å². The highest BCUT2D eigenvalue weighted by Gasteiger charge is 2.09. The van der Waals surface area contributed by atoms with Crippen LogP contribution in [-0.4, -0.2) is 31.3 Å². The molecular formula is C18H30N2O. The zero-order valence-electron chi connectivity index (χ0n) is 13.2. The third-order valence-corrected chi connectivity index (χ3v) is 4.29. The summed E-state index contributed by atoms with van der Waals surface area (Å²) >= 11 is 0. The molecule has 0 saturated carbocycles. The molecule has 1 aromatic heterocycles. The van der Waals surface area contributed by atoms with Crippen LogP contribution in [0.1, 0.15) is 50.5 Å². The third kappa shape index (κ3) is 7.58. The highest BCUT2D eigenvalue weighted by molar-refractivity contribution is 5.08. The molecule has 3 heteroatoms. The zero-order valence-corrected chi connectivity index (χ0v) is 13.2. The Balaban J connectivity index is 1.74. The van der Waals surface area contributed by atoms with Crippen molar-refractivity contribution in [1.82, 2.24) is 10.3 Å². The van der Waals surface area contributed by atoms with E-state index in [1.165, 1.54) is 57.1 Å². The topological polar surface area (TPSA) is 34.1 Å². The fraction of sp³-hybridized carbons (Fsp3) is 0.722. The molecule has 1 aromatic rings. The molecule has 0 radical (unpaired) electrons. The number of hydrogen-bond donors (Lipinski definition) is 1. The molecule has 1 fully saturated rings. The quantitative estimate of drug-likeness (QED) is 0.923. The first-order valence-corrected chi connectivity index (χ1v) is 8.62. The van der Waals surface area contributed by atoms with Gasteiger partial charge in [-0.2, -0.15) is 0 Å². The van der Waals surface area contributed by atoms with Gasteiger partial charge in [-0.05, 0) is 69.2 Å². The van der Waals surface area contributed by atoms with Crippen molar-refractivity contribution in [3.05, 3.63) is 30.1 Å². The Hall–Kier alpha value is -0.930. The van der Waals surface area contributed by atoms with Crippen molar-refractivity contribution >= 4 is 0 Å². The molecule has 2 rings (SSSR count). The number of rotatable bonds is 3. The number of pyridine rings is 1. The number of ether oxygens (including phenoxy) is 1. The number of nitrogens with zero attached hydrogens (tertiary/aromatic N) is 1. The van der Waals surface area contributed by atoms with Crippen molar-refractivity contribution < 1.29 is 4.74 Å². The van der Waals surface area contributed by atoms with Crippen LogP contribution in [-0.2, 0) is 11.2 Å². The van der Waals surface area contributed by atoms with Gasteiger partial charge in [0, 0.05) is 25.6 Å². The Bertz CT molecular complexity index is 341. The van der Waals surface area contributed by atoms with Gasteiger partial charge in [-0.25, -0.2) is 0 Å². The lowest BCUT2D eigenvalue weighted by molar-refractivity contribution is 0.126. The molecule has 21 heavy (non-hydrogen) atoms. The summed E-state index contributed by atoms with van der Waals surface area (Å²) in [4.78, 5) is 4.21. The lowest BCUT2D eigenvalue weighted by Gasteiger charge is -2.17. The second-order valence-electron chi connectivity index (χ2n) is 6.14. The van der Waals surface area contributed by atoms with E-state index in [9.17, 15) is 0 Å². The van der Waals surface area contributed by atoms with Gasteiger partial charge in [-0.15, -0.1) is 0 Å². The average molecular weight is 290 g/mol. The molecule has 1 unspecified atom stereocenters. The average Bonchev–Trinajstić information content (AvgIpc) is 2.55. The summed E-state index contributed by atoms with van der Waals surface area (Å²) in [6.07, 6.45) is 13.9. The van der Waals surface area contributed by atoms with Crippen molar-refractivity contribution in [2.75, 3.05) is 26.3 Å². The molecule has 0 bridgehead atoms. The minimum Gasteiger partial charge on any atom is -0.381 e. The molecule has 1 aliphatic rings. The molecule has 1 N–H and O–H groups in total. The first-order valence-electron chi connectivity index (χ1n) is 8.62. The Morgan fingerprint density at radius 3 is 2.90 bits per heavy atom. The van der Waals surface area contributed by atoms with Crippen LogP contribution in [0.2, 0.25) is 0 Å². The van der Waals surface area contributed by atoms with E-state index in [1.807, 2.05) is 18.5 Å². The largest absolute Gasteiger partial charge is 0.381 e. The monoisotopic (exact) mass is 290 g/mol. The number of aryl methyl sites for hydroxylation is 1. The molecule has 118 valence electrons. The van der Waals surface area contributed by atoms with E-state index in [0.717, 1.165) is 32.1 Å². The van der Waals surface area contributed by atoms with E-state index in [0.29, 0.717) is 0 Å². The van der Waals surface area contributed by atoms with Gasteiger partial charge in [0.15, 0.2) is 0 Å². The van der Waals surface area contributed by atoms with Gasteiger partial charge in [0.1, 0.15) is 0 Å². The molecule has 0 spiro atoms. The Morgan fingerprint density at radius 1 is 1.14 bits per heavy atom. The molecule has 1 aliphatic heterocycles. The molecule has 2 heterocycles. The highest BCUT2D eigenvalue weighted by Crippen LogP contribution is 2.16. The van der Waals surface area contributed by atoms with Gasteiger partial charge in [-0.3, -0.25) is 4.98 Å². The van der Waals surface area contributed by atoms with E-state index in [-0.39, 0.29) is 0 Å². The molecular weight excluding hydrogens is 260 g/mol. The number of hydrogen-bond acceptors (Lipinski definition) is 3.